The molecule has 0 radical (unpaired) electrons. The van der Waals surface area contributed by atoms with Crippen LogP contribution in [-0.2, 0) is 11.0 Å². The molecular weight excluding hydrogens is 291 g/mol. The number of rotatable bonds is 4. The molecule has 0 aliphatic carbocycles. The van der Waals surface area contributed by atoms with Gasteiger partial charge in [0.1, 0.15) is 16.6 Å². The summed E-state index contributed by atoms with van der Waals surface area (Å²) in [6, 6.07) is 2.12. The van der Waals surface area contributed by atoms with Gasteiger partial charge in [-0.2, -0.15) is 13.2 Å². The number of hydrogen-bond acceptors (Lipinski definition) is 2. The number of carbonyl (C=O) groups excluding carboxylic acids is 1. The van der Waals surface area contributed by atoms with Gasteiger partial charge in [-0.3, -0.25) is 0 Å². The molecule has 0 N–H and O–H groups in total. The van der Waals surface area contributed by atoms with Crippen molar-refractivity contribution in [2.75, 3.05) is 0 Å². The van der Waals surface area contributed by atoms with E-state index in [0.29, 0.717) is 18.4 Å². The third-order valence-corrected chi connectivity index (χ3v) is 2.43. The molecule has 0 unspecified atom stereocenters. The molecule has 1 rings (SSSR count). The average molecular weight is 308 g/mol. The lowest BCUT2D eigenvalue weighted by Crippen LogP contribution is -2.07. The van der Waals surface area contributed by atoms with Crippen LogP contribution in [0.15, 0.2) is 18.2 Å². The minimum absolute atomic E-state index is 0.0521. The quantitative estimate of drug-likeness (QED) is 0.719. The van der Waals surface area contributed by atoms with Crippen LogP contribution in [0.3, 0.4) is 0 Å². The molecule has 1 aromatic heterocycles. The molecule has 0 fully saturated rings. The third-order valence-electron chi connectivity index (χ3n) is 2.13. The molecule has 0 amide bonds. The van der Waals surface area contributed by atoms with Gasteiger partial charge in [-0.15, -0.1) is 0 Å². The van der Waals surface area contributed by atoms with Crippen LogP contribution in [-0.4, -0.2) is 10.8 Å². The molecule has 0 saturated heterocycles. The van der Waals surface area contributed by atoms with Gasteiger partial charge >= 0.3 is 6.18 Å². The van der Waals surface area contributed by atoms with E-state index in [0.717, 1.165) is 6.07 Å². The van der Waals surface area contributed by atoms with Gasteiger partial charge in [0, 0.05) is 12.0 Å². The highest BCUT2D eigenvalue weighted by molar-refractivity contribution is 6.30. The van der Waals surface area contributed by atoms with Crippen molar-refractivity contribution in [1.29, 1.82) is 0 Å². The highest BCUT2D eigenvalue weighted by Gasteiger charge is 2.32. The first-order chi connectivity index (χ1) is 9.30. The van der Waals surface area contributed by atoms with E-state index in [1.54, 1.807) is 12.2 Å². The van der Waals surface area contributed by atoms with E-state index < -0.39 is 11.9 Å². The van der Waals surface area contributed by atoms with Gasteiger partial charge in [0.05, 0.1) is 0 Å². The lowest BCUT2D eigenvalue weighted by molar-refractivity contribution is -0.141. The van der Waals surface area contributed by atoms with Gasteiger partial charge in [-0.05, 0) is 25.5 Å². The number of nitrogens with zero attached hydrogens (tertiary/aromatic N) is 1. The molecule has 0 bridgehead atoms. The maximum Gasteiger partial charge on any atom is 0.433 e. The van der Waals surface area contributed by atoms with E-state index in [9.17, 15) is 18.0 Å². The molecule has 0 atom stereocenters. The van der Waals surface area contributed by atoms with Gasteiger partial charge in [-0.25, -0.2) is 4.98 Å². The zero-order valence-corrected chi connectivity index (χ0v) is 12.3. The molecule has 0 aromatic carbocycles. The second kappa shape index (κ2) is 8.74. The highest BCUT2D eigenvalue weighted by Crippen LogP contribution is 2.29. The highest BCUT2D eigenvalue weighted by atomic mass is 35.5. The van der Waals surface area contributed by atoms with Crippen LogP contribution in [0.5, 0.6) is 0 Å². The number of halogens is 4. The average Bonchev–Trinajstić information content (AvgIpc) is 2.37. The number of ketones is 1. The summed E-state index contributed by atoms with van der Waals surface area (Å²) < 4.78 is 37.0. The zero-order chi connectivity index (χ0) is 15.8. The number of allylic oxidation sites excluding steroid dienone is 1. The van der Waals surface area contributed by atoms with Gasteiger partial charge in [-0.1, -0.05) is 37.6 Å². The number of aromatic nitrogens is 1. The second-order valence-corrected chi connectivity index (χ2v) is 4.08. The first-order valence-electron chi connectivity index (χ1n) is 6.20. The predicted molar refractivity (Wildman–Crippen MR) is 74.5 cm³/mol. The van der Waals surface area contributed by atoms with E-state index in [1.165, 1.54) is 13.0 Å². The minimum atomic E-state index is -4.50. The topological polar surface area (TPSA) is 30.0 Å². The number of pyridine rings is 1. The van der Waals surface area contributed by atoms with Crippen molar-refractivity contribution in [3.8, 4) is 0 Å². The standard InChI is InChI=1S/C12H11ClF3NO.C2H6/c1-8(18)4-2-3-5-9-6-7-10(12(14,15)16)17-11(9)13;1-2/h3,5-7H,2,4H2,1H3;1-2H3/b5-3+;. The van der Waals surface area contributed by atoms with Crippen molar-refractivity contribution in [3.05, 3.63) is 34.6 Å². The summed E-state index contributed by atoms with van der Waals surface area (Å²) in [6.45, 7) is 5.47. The Balaban J connectivity index is 0.00000172. The van der Waals surface area contributed by atoms with E-state index >= 15 is 0 Å². The fourth-order valence-corrected chi connectivity index (χ4v) is 1.44. The Labute approximate surface area is 121 Å². The lowest BCUT2D eigenvalue weighted by Gasteiger charge is -2.06. The summed E-state index contributed by atoms with van der Waals surface area (Å²) >= 11 is 5.65. The first kappa shape index (κ1) is 18.6. The van der Waals surface area contributed by atoms with Crippen molar-refractivity contribution in [3.63, 3.8) is 0 Å². The smallest absolute Gasteiger partial charge is 0.300 e. The van der Waals surface area contributed by atoms with Crippen molar-refractivity contribution in [2.24, 2.45) is 0 Å². The van der Waals surface area contributed by atoms with Crippen LogP contribution in [0.25, 0.3) is 6.08 Å². The molecule has 0 spiro atoms. The molecule has 0 aliphatic heterocycles. The van der Waals surface area contributed by atoms with Gasteiger partial charge in [0.25, 0.3) is 0 Å². The van der Waals surface area contributed by atoms with Gasteiger partial charge in [0.15, 0.2) is 0 Å². The maximum atomic E-state index is 12.3. The monoisotopic (exact) mass is 307 g/mol. The molecule has 20 heavy (non-hydrogen) atoms. The van der Waals surface area contributed by atoms with Crippen molar-refractivity contribution >= 4 is 23.5 Å². The minimum Gasteiger partial charge on any atom is -0.300 e. The van der Waals surface area contributed by atoms with Crippen LogP contribution in [0.2, 0.25) is 5.15 Å². The Morgan fingerprint density at radius 1 is 1.35 bits per heavy atom. The van der Waals surface area contributed by atoms with Crippen molar-refractivity contribution < 1.29 is 18.0 Å². The summed E-state index contributed by atoms with van der Waals surface area (Å²) in [5.74, 6) is 0.0521. The fourth-order valence-electron chi connectivity index (χ4n) is 1.22. The summed E-state index contributed by atoms with van der Waals surface area (Å²) in [7, 11) is 0. The molecule has 0 aliphatic rings. The Bertz CT molecular complexity index is 470. The molecule has 112 valence electrons. The molecule has 0 saturated carbocycles. The molecule has 2 nitrogen and oxygen atoms in total. The maximum absolute atomic E-state index is 12.3. The van der Waals surface area contributed by atoms with Gasteiger partial charge in [0.2, 0.25) is 0 Å². The summed E-state index contributed by atoms with van der Waals surface area (Å²) in [6.07, 6.45) is -0.356. The van der Waals surface area contributed by atoms with E-state index in [4.69, 9.17) is 11.6 Å². The number of alkyl halides is 3. The Morgan fingerprint density at radius 2 is 1.95 bits per heavy atom. The fraction of sp³-hybridized carbons (Fsp3) is 0.429. The Morgan fingerprint density at radius 3 is 2.40 bits per heavy atom. The molecule has 1 aromatic rings. The zero-order valence-electron chi connectivity index (χ0n) is 11.6. The number of Topliss-reactive ketones (excluding diaryl/α,β-unsaturated/α-hetero) is 1. The summed E-state index contributed by atoms with van der Waals surface area (Å²) in [4.78, 5) is 14.0. The summed E-state index contributed by atoms with van der Waals surface area (Å²) in [5, 5.41) is -0.205. The van der Waals surface area contributed by atoms with Crippen LogP contribution in [0.4, 0.5) is 13.2 Å². The Hall–Kier alpha value is -1.36. The largest absolute Gasteiger partial charge is 0.433 e. The second-order valence-electron chi connectivity index (χ2n) is 3.72. The predicted octanol–water partition coefficient (Wildman–Crippen LogP) is 5.16. The van der Waals surface area contributed by atoms with E-state index in [1.807, 2.05) is 13.8 Å². The van der Waals surface area contributed by atoms with Gasteiger partial charge < -0.3 is 4.79 Å². The van der Waals surface area contributed by atoms with Crippen LogP contribution in [0, 0.1) is 0 Å². The molecule has 1 heterocycles. The normalized spacial score (nSPS) is 11.2. The molecular formula is C14H17ClF3NO. The van der Waals surface area contributed by atoms with E-state index in [-0.39, 0.29) is 10.9 Å². The Kier molecular flexibility index (Phi) is 8.15. The van der Waals surface area contributed by atoms with Crippen LogP contribution < -0.4 is 0 Å². The summed E-state index contributed by atoms with van der Waals surface area (Å²) in [5.41, 5.74) is -0.624. The number of hydrogen-bond donors (Lipinski definition) is 0. The third kappa shape index (κ3) is 6.70. The van der Waals surface area contributed by atoms with Crippen LogP contribution >= 0.6 is 11.6 Å². The lowest BCUT2D eigenvalue weighted by atomic mass is 10.2. The van der Waals surface area contributed by atoms with Crippen LogP contribution in [0.1, 0.15) is 44.9 Å². The van der Waals surface area contributed by atoms with Crippen molar-refractivity contribution in [2.45, 2.75) is 39.8 Å². The number of carbonyl (C=O) groups is 1. The first-order valence-corrected chi connectivity index (χ1v) is 6.58. The van der Waals surface area contributed by atoms with E-state index in [2.05, 4.69) is 4.98 Å². The molecule has 6 heteroatoms. The van der Waals surface area contributed by atoms with Crippen molar-refractivity contribution in [1.82, 2.24) is 4.98 Å². The SMILES string of the molecule is CC.CC(=O)CC/C=C/c1ccc(C(F)(F)F)nc1Cl.